The fourth-order valence-electron chi connectivity index (χ4n) is 3.69. The smallest absolute Gasteiger partial charge is 0.248 e. The quantitative estimate of drug-likeness (QED) is 0.695. The van der Waals surface area contributed by atoms with Gasteiger partial charge in [-0.25, -0.2) is 4.39 Å². The molecule has 0 N–H and O–H groups in total. The monoisotopic (exact) mass is 415 g/mol. The Labute approximate surface area is 175 Å². The van der Waals surface area contributed by atoms with Crippen LogP contribution in [0.15, 0.2) is 48.5 Å². The molecule has 0 aromatic heterocycles. The van der Waals surface area contributed by atoms with Crippen LogP contribution in [0, 0.1) is 11.7 Å². The predicted octanol–water partition coefficient (Wildman–Crippen LogP) is 3.30. The van der Waals surface area contributed by atoms with E-state index in [1.54, 1.807) is 12.1 Å². The van der Waals surface area contributed by atoms with Gasteiger partial charge in [-0.2, -0.15) is 0 Å². The lowest BCUT2D eigenvalue weighted by Gasteiger charge is -2.33. The number of hydrogen-bond acceptors (Lipinski definition) is 5. The number of benzene rings is 2. The number of likely N-dealkylation sites (tertiary alicyclic amines) is 1. The Balaban J connectivity index is 1.18. The molecule has 0 aliphatic carbocycles. The van der Waals surface area contributed by atoms with Crippen LogP contribution in [-0.2, 0) is 9.53 Å². The number of carbonyl (C=O) groups is 1. The summed E-state index contributed by atoms with van der Waals surface area (Å²) in [6.45, 7) is 2.59. The molecule has 0 saturated carbocycles. The maximum absolute atomic E-state index is 13.0. The zero-order valence-electron chi connectivity index (χ0n) is 16.8. The van der Waals surface area contributed by atoms with Gasteiger partial charge < -0.3 is 23.8 Å². The third-order valence-electron chi connectivity index (χ3n) is 5.27. The number of ether oxygens (including phenoxy) is 4. The fraction of sp³-hybridized carbons (Fsp3) is 0.435. The van der Waals surface area contributed by atoms with Crippen LogP contribution < -0.4 is 14.2 Å². The average molecular weight is 415 g/mol. The first-order chi connectivity index (χ1) is 14.7. The van der Waals surface area contributed by atoms with Crippen molar-refractivity contribution in [2.45, 2.75) is 18.9 Å². The van der Waals surface area contributed by atoms with Crippen LogP contribution in [0.5, 0.6) is 17.2 Å². The van der Waals surface area contributed by atoms with E-state index in [1.807, 2.05) is 29.2 Å². The lowest BCUT2D eigenvalue weighted by Crippen LogP contribution is -2.43. The number of para-hydroxylation sites is 2. The molecular weight excluding hydrogens is 389 g/mol. The summed E-state index contributed by atoms with van der Waals surface area (Å²) in [4.78, 5) is 14.4. The summed E-state index contributed by atoms with van der Waals surface area (Å²) in [5, 5.41) is 0. The summed E-state index contributed by atoms with van der Waals surface area (Å²) in [6, 6.07) is 13.5. The number of nitrogens with zero attached hydrogens (tertiary/aromatic N) is 1. The van der Waals surface area contributed by atoms with Gasteiger partial charge >= 0.3 is 0 Å². The van der Waals surface area contributed by atoms with Crippen LogP contribution in [-0.4, -0.2) is 56.4 Å². The summed E-state index contributed by atoms with van der Waals surface area (Å²) >= 11 is 0. The molecule has 0 unspecified atom stereocenters. The minimum atomic E-state index is -0.286. The first kappa shape index (κ1) is 20.5. The SMILES string of the molecule is O=C(COC[C@@H]1COc2ccccc2O1)N1CCC[C@H](COc2ccc(F)cc2)C1. The van der Waals surface area contributed by atoms with E-state index >= 15 is 0 Å². The number of hydrogen-bond donors (Lipinski definition) is 0. The lowest BCUT2D eigenvalue weighted by atomic mass is 9.99. The maximum Gasteiger partial charge on any atom is 0.248 e. The van der Waals surface area contributed by atoms with Gasteiger partial charge in [-0.05, 0) is 49.2 Å². The second-order valence-electron chi connectivity index (χ2n) is 7.63. The van der Waals surface area contributed by atoms with Gasteiger partial charge in [0.15, 0.2) is 17.6 Å². The molecule has 1 fully saturated rings. The van der Waals surface area contributed by atoms with Gasteiger partial charge in [0.25, 0.3) is 0 Å². The van der Waals surface area contributed by atoms with E-state index in [2.05, 4.69) is 0 Å². The third-order valence-corrected chi connectivity index (χ3v) is 5.27. The molecule has 2 aromatic rings. The molecule has 1 saturated heterocycles. The number of amides is 1. The second kappa shape index (κ2) is 9.80. The van der Waals surface area contributed by atoms with E-state index in [1.165, 1.54) is 12.1 Å². The Kier molecular flexibility index (Phi) is 6.69. The Hall–Kier alpha value is -2.80. The zero-order valence-corrected chi connectivity index (χ0v) is 16.8. The summed E-state index contributed by atoms with van der Waals surface area (Å²) in [5.74, 6) is 2.00. The highest BCUT2D eigenvalue weighted by atomic mass is 19.1. The Bertz CT molecular complexity index is 844. The zero-order chi connectivity index (χ0) is 20.8. The first-order valence-electron chi connectivity index (χ1n) is 10.3. The molecule has 2 aliphatic heterocycles. The average Bonchev–Trinajstić information content (AvgIpc) is 2.79. The standard InChI is InChI=1S/C23H26FNO5/c24-18-7-9-19(10-8-18)28-13-17-4-3-11-25(12-17)23(26)16-27-14-20-15-29-21-5-1-2-6-22(21)30-20/h1-2,5-10,17,20H,3-4,11-16H2/t17-,20+/m0/s1. The Morgan fingerprint density at radius 3 is 2.73 bits per heavy atom. The molecule has 30 heavy (non-hydrogen) atoms. The van der Waals surface area contributed by atoms with Gasteiger partial charge in [0, 0.05) is 19.0 Å². The van der Waals surface area contributed by atoms with Gasteiger partial charge in [0.2, 0.25) is 5.91 Å². The topological polar surface area (TPSA) is 57.2 Å². The largest absolute Gasteiger partial charge is 0.493 e. The van der Waals surface area contributed by atoms with E-state index in [9.17, 15) is 9.18 Å². The fourth-order valence-corrected chi connectivity index (χ4v) is 3.69. The van der Waals surface area contributed by atoms with Crippen LogP contribution in [0.1, 0.15) is 12.8 Å². The highest BCUT2D eigenvalue weighted by Crippen LogP contribution is 2.30. The lowest BCUT2D eigenvalue weighted by molar-refractivity contribution is -0.139. The van der Waals surface area contributed by atoms with Gasteiger partial charge in [-0.1, -0.05) is 12.1 Å². The third kappa shape index (κ3) is 5.42. The molecule has 160 valence electrons. The van der Waals surface area contributed by atoms with Crippen molar-refractivity contribution in [1.82, 2.24) is 4.90 Å². The molecule has 2 aromatic carbocycles. The predicted molar refractivity (Wildman–Crippen MR) is 108 cm³/mol. The van der Waals surface area contributed by atoms with Crippen molar-refractivity contribution in [2.24, 2.45) is 5.92 Å². The van der Waals surface area contributed by atoms with E-state index < -0.39 is 0 Å². The van der Waals surface area contributed by atoms with E-state index in [-0.39, 0.29) is 30.4 Å². The second-order valence-corrected chi connectivity index (χ2v) is 7.63. The van der Waals surface area contributed by atoms with Crippen molar-refractivity contribution in [1.29, 1.82) is 0 Å². The number of fused-ring (bicyclic) bond motifs is 1. The van der Waals surface area contributed by atoms with Crippen LogP contribution in [0.25, 0.3) is 0 Å². The molecule has 0 radical (unpaired) electrons. The summed E-state index contributed by atoms with van der Waals surface area (Å²) in [5.41, 5.74) is 0. The normalized spacial score (nSPS) is 20.6. The molecule has 2 aliphatic rings. The molecule has 2 atom stereocenters. The Morgan fingerprint density at radius 2 is 1.90 bits per heavy atom. The van der Waals surface area contributed by atoms with E-state index in [0.717, 1.165) is 25.1 Å². The molecular formula is C23H26FNO5. The minimum absolute atomic E-state index is 0.0209. The van der Waals surface area contributed by atoms with Crippen LogP contribution >= 0.6 is 0 Å². The molecule has 4 rings (SSSR count). The van der Waals surface area contributed by atoms with Gasteiger partial charge in [-0.15, -0.1) is 0 Å². The summed E-state index contributed by atoms with van der Waals surface area (Å²) in [7, 11) is 0. The van der Waals surface area contributed by atoms with Crippen molar-refractivity contribution in [3.8, 4) is 17.2 Å². The maximum atomic E-state index is 13.0. The number of rotatable bonds is 7. The number of carbonyl (C=O) groups excluding carboxylic acids is 1. The minimum Gasteiger partial charge on any atom is -0.493 e. The molecule has 2 heterocycles. The Morgan fingerprint density at radius 1 is 1.10 bits per heavy atom. The van der Waals surface area contributed by atoms with Gasteiger partial charge in [0.05, 0.1) is 13.2 Å². The van der Waals surface area contributed by atoms with Crippen LogP contribution in [0.4, 0.5) is 4.39 Å². The van der Waals surface area contributed by atoms with Crippen molar-refractivity contribution in [2.75, 3.05) is 39.5 Å². The van der Waals surface area contributed by atoms with Gasteiger partial charge in [0.1, 0.15) is 24.8 Å². The van der Waals surface area contributed by atoms with Gasteiger partial charge in [-0.3, -0.25) is 4.79 Å². The van der Waals surface area contributed by atoms with E-state index in [4.69, 9.17) is 18.9 Å². The van der Waals surface area contributed by atoms with Crippen molar-refractivity contribution in [3.63, 3.8) is 0 Å². The van der Waals surface area contributed by atoms with Crippen molar-refractivity contribution >= 4 is 5.91 Å². The molecule has 0 bridgehead atoms. The highest BCUT2D eigenvalue weighted by molar-refractivity contribution is 5.77. The number of halogens is 1. The van der Waals surface area contributed by atoms with Crippen molar-refractivity contribution in [3.05, 3.63) is 54.3 Å². The number of piperidine rings is 1. The van der Waals surface area contributed by atoms with Crippen LogP contribution in [0.3, 0.4) is 0 Å². The molecule has 0 spiro atoms. The molecule has 7 heteroatoms. The molecule has 1 amide bonds. The first-order valence-corrected chi connectivity index (χ1v) is 10.3. The summed E-state index contributed by atoms with van der Waals surface area (Å²) in [6.07, 6.45) is 1.70. The van der Waals surface area contributed by atoms with E-state index in [0.29, 0.717) is 37.9 Å². The van der Waals surface area contributed by atoms with Crippen molar-refractivity contribution < 1.29 is 28.1 Å². The molecule has 6 nitrogen and oxygen atoms in total. The van der Waals surface area contributed by atoms with Crippen LogP contribution in [0.2, 0.25) is 0 Å². The summed E-state index contributed by atoms with van der Waals surface area (Å²) < 4.78 is 35.9. The highest BCUT2D eigenvalue weighted by Gasteiger charge is 2.25.